The van der Waals surface area contributed by atoms with Gasteiger partial charge in [0, 0.05) is 5.02 Å². The van der Waals surface area contributed by atoms with Crippen molar-refractivity contribution in [3.05, 3.63) is 57.5 Å². The molecule has 0 unspecified atom stereocenters. The van der Waals surface area contributed by atoms with E-state index in [0.717, 1.165) is 11.1 Å². The molecule has 1 fully saturated rings. The predicted molar refractivity (Wildman–Crippen MR) is 115 cm³/mol. The Morgan fingerprint density at radius 2 is 2.10 bits per heavy atom. The summed E-state index contributed by atoms with van der Waals surface area (Å²) in [5, 5.41) is 3.83. The first kappa shape index (κ1) is 20.8. The highest BCUT2D eigenvalue weighted by atomic mass is 35.5. The predicted octanol–water partition coefficient (Wildman–Crippen LogP) is 3.41. The van der Waals surface area contributed by atoms with Crippen molar-refractivity contribution in [2.45, 2.75) is 6.92 Å². The third kappa shape index (κ3) is 5.10. The summed E-state index contributed by atoms with van der Waals surface area (Å²) in [4.78, 5) is 28.2. The van der Waals surface area contributed by atoms with Crippen molar-refractivity contribution in [2.24, 2.45) is 10.7 Å². The van der Waals surface area contributed by atoms with Gasteiger partial charge in [0.15, 0.2) is 23.3 Å². The van der Waals surface area contributed by atoms with Crippen molar-refractivity contribution in [1.29, 1.82) is 0 Å². The van der Waals surface area contributed by atoms with Crippen LogP contribution in [0, 0.1) is 6.92 Å². The highest BCUT2D eigenvalue weighted by Crippen LogP contribution is 2.33. The number of hydrogen-bond acceptors (Lipinski definition) is 6. The number of nitrogens with zero attached hydrogens (tertiary/aromatic N) is 1. The van der Waals surface area contributed by atoms with E-state index in [0.29, 0.717) is 32.3 Å². The van der Waals surface area contributed by atoms with Crippen LogP contribution in [-0.2, 0) is 9.59 Å². The lowest BCUT2D eigenvalue weighted by Gasteiger charge is -2.10. The number of benzene rings is 2. The number of carbonyl (C=O) groups excluding carboxylic acids is 2. The first-order valence-electron chi connectivity index (χ1n) is 8.51. The molecule has 0 aromatic heterocycles. The smallest absolute Gasteiger partial charge is 0.264 e. The van der Waals surface area contributed by atoms with Gasteiger partial charge in [-0.05, 0) is 60.2 Å². The van der Waals surface area contributed by atoms with Gasteiger partial charge >= 0.3 is 0 Å². The topological polar surface area (TPSA) is 103 Å². The van der Waals surface area contributed by atoms with E-state index in [4.69, 9.17) is 26.8 Å². The summed E-state index contributed by atoms with van der Waals surface area (Å²) in [5.74, 6) is -0.0245. The number of primary amides is 1. The largest absolute Gasteiger partial charge is 0.493 e. The summed E-state index contributed by atoms with van der Waals surface area (Å²) in [7, 11) is 1.48. The van der Waals surface area contributed by atoms with E-state index in [-0.39, 0.29) is 12.5 Å². The zero-order chi connectivity index (χ0) is 21.0. The second-order valence-corrected chi connectivity index (χ2v) is 7.47. The van der Waals surface area contributed by atoms with Crippen LogP contribution in [0.1, 0.15) is 11.1 Å². The minimum atomic E-state index is -0.584. The first-order valence-corrected chi connectivity index (χ1v) is 9.70. The Bertz CT molecular complexity index is 1040. The third-order valence-electron chi connectivity index (χ3n) is 3.97. The molecular formula is C20H18ClN3O4S. The number of thioether (sulfide) groups is 1. The molecule has 7 nitrogen and oxygen atoms in total. The van der Waals surface area contributed by atoms with Crippen molar-refractivity contribution in [1.82, 2.24) is 5.32 Å². The summed E-state index contributed by atoms with van der Waals surface area (Å²) < 4.78 is 10.6. The van der Waals surface area contributed by atoms with Crippen LogP contribution in [0.4, 0.5) is 5.69 Å². The van der Waals surface area contributed by atoms with E-state index in [1.807, 2.05) is 13.0 Å². The SMILES string of the molecule is COc1cc(C=C2SC(=Nc3cccc(Cl)c3C)NC2=O)ccc1OCC(N)=O. The van der Waals surface area contributed by atoms with Crippen LogP contribution in [0.2, 0.25) is 5.02 Å². The van der Waals surface area contributed by atoms with E-state index >= 15 is 0 Å². The second kappa shape index (κ2) is 9.02. The molecule has 0 bridgehead atoms. The number of nitrogens with two attached hydrogens (primary N) is 1. The summed E-state index contributed by atoms with van der Waals surface area (Å²) in [5.41, 5.74) is 7.35. The van der Waals surface area contributed by atoms with Gasteiger partial charge in [-0.2, -0.15) is 0 Å². The minimum absolute atomic E-state index is 0.249. The Kier molecular flexibility index (Phi) is 6.46. The fourth-order valence-electron chi connectivity index (χ4n) is 2.50. The Morgan fingerprint density at radius 3 is 2.83 bits per heavy atom. The molecule has 29 heavy (non-hydrogen) atoms. The molecule has 150 valence electrons. The van der Waals surface area contributed by atoms with Crippen LogP contribution in [0.5, 0.6) is 11.5 Å². The van der Waals surface area contributed by atoms with E-state index in [1.54, 1.807) is 36.4 Å². The molecule has 1 aliphatic heterocycles. The molecule has 0 atom stereocenters. The Hall–Kier alpha value is -2.97. The standard InChI is InChI=1S/C20H18ClN3O4S/c1-11-13(21)4-3-5-14(11)23-20-24-19(26)17(29-20)9-12-6-7-15(16(8-12)27-2)28-10-18(22)25/h3-9H,10H2,1-2H3,(H2,22,25)(H,23,24,26). The minimum Gasteiger partial charge on any atom is -0.493 e. The molecule has 1 saturated heterocycles. The lowest BCUT2D eigenvalue weighted by Crippen LogP contribution is -2.20. The maximum Gasteiger partial charge on any atom is 0.264 e. The quantitative estimate of drug-likeness (QED) is 0.682. The second-order valence-electron chi connectivity index (χ2n) is 6.03. The number of aliphatic imine (C=N–C) groups is 1. The number of nitrogens with one attached hydrogen (secondary N) is 1. The van der Waals surface area contributed by atoms with Gasteiger partial charge in [0.1, 0.15) is 0 Å². The summed E-state index contributed by atoms with van der Waals surface area (Å²) in [6.45, 7) is 1.62. The molecule has 2 aromatic rings. The van der Waals surface area contributed by atoms with E-state index in [9.17, 15) is 9.59 Å². The lowest BCUT2D eigenvalue weighted by molar-refractivity contribution is -0.120. The number of methoxy groups -OCH3 is 1. The highest BCUT2D eigenvalue weighted by molar-refractivity contribution is 8.18. The van der Waals surface area contributed by atoms with Crippen LogP contribution in [0.25, 0.3) is 6.08 Å². The van der Waals surface area contributed by atoms with E-state index in [2.05, 4.69) is 10.3 Å². The van der Waals surface area contributed by atoms with Gasteiger partial charge in [-0.3, -0.25) is 9.59 Å². The van der Waals surface area contributed by atoms with Crippen LogP contribution in [-0.4, -0.2) is 30.7 Å². The molecule has 2 amide bonds. The van der Waals surface area contributed by atoms with Gasteiger partial charge in [0.05, 0.1) is 17.7 Å². The molecule has 0 radical (unpaired) electrons. The fourth-order valence-corrected chi connectivity index (χ4v) is 3.50. The molecule has 3 N–H and O–H groups in total. The number of amides is 2. The van der Waals surface area contributed by atoms with Gasteiger partial charge in [-0.1, -0.05) is 23.7 Å². The summed E-state index contributed by atoms with van der Waals surface area (Å²) >= 11 is 7.35. The molecular weight excluding hydrogens is 414 g/mol. The van der Waals surface area contributed by atoms with Crippen LogP contribution < -0.4 is 20.5 Å². The molecule has 1 heterocycles. The van der Waals surface area contributed by atoms with Gasteiger partial charge in [0.25, 0.3) is 11.8 Å². The first-order chi connectivity index (χ1) is 13.9. The lowest BCUT2D eigenvalue weighted by atomic mass is 10.2. The van der Waals surface area contributed by atoms with Gasteiger partial charge in [0.2, 0.25) is 0 Å². The zero-order valence-electron chi connectivity index (χ0n) is 15.7. The summed E-state index contributed by atoms with van der Waals surface area (Å²) in [6.07, 6.45) is 1.72. The van der Waals surface area contributed by atoms with Gasteiger partial charge in [-0.15, -0.1) is 0 Å². The Balaban J connectivity index is 1.82. The number of hydrogen-bond donors (Lipinski definition) is 2. The Labute approximate surface area is 176 Å². The van der Waals surface area contributed by atoms with Crippen LogP contribution >= 0.6 is 23.4 Å². The molecule has 3 rings (SSSR count). The third-order valence-corrected chi connectivity index (χ3v) is 5.29. The number of carbonyl (C=O) groups is 2. The molecule has 9 heteroatoms. The molecule has 2 aromatic carbocycles. The van der Waals surface area contributed by atoms with Crippen LogP contribution in [0.3, 0.4) is 0 Å². The monoisotopic (exact) mass is 431 g/mol. The average molecular weight is 432 g/mol. The molecule has 1 aliphatic rings. The van der Waals surface area contributed by atoms with Crippen molar-refractivity contribution < 1.29 is 19.1 Å². The number of ether oxygens (including phenoxy) is 2. The highest BCUT2D eigenvalue weighted by Gasteiger charge is 2.24. The normalized spacial score (nSPS) is 16.2. The average Bonchev–Trinajstić information content (AvgIpc) is 3.03. The zero-order valence-corrected chi connectivity index (χ0v) is 17.3. The van der Waals surface area contributed by atoms with Gasteiger partial charge < -0.3 is 20.5 Å². The van der Waals surface area contributed by atoms with Crippen molar-refractivity contribution in [3.8, 4) is 11.5 Å². The van der Waals surface area contributed by atoms with Crippen molar-refractivity contribution in [2.75, 3.05) is 13.7 Å². The molecule has 0 spiro atoms. The Morgan fingerprint density at radius 1 is 1.31 bits per heavy atom. The van der Waals surface area contributed by atoms with E-state index in [1.165, 1.54) is 18.9 Å². The number of rotatable bonds is 6. The van der Waals surface area contributed by atoms with Gasteiger partial charge in [-0.25, -0.2) is 4.99 Å². The number of amidine groups is 1. The van der Waals surface area contributed by atoms with Crippen LogP contribution in [0.15, 0.2) is 46.3 Å². The van der Waals surface area contributed by atoms with Crippen molar-refractivity contribution in [3.63, 3.8) is 0 Å². The maximum atomic E-state index is 12.3. The molecule has 0 saturated carbocycles. The number of halogens is 1. The molecule has 0 aliphatic carbocycles. The van der Waals surface area contributed by atoms with Crippen molar-refractivity contribution >= 4 is 52.1 Å². The van der Waals surface area contributed by atoms with E-state index < -0.39 is 5.91 Å². The fraction of sp³-hybridized carbons (Fsp3) is 0.150. The maximum absolute atomic E-state index is 12.3. The summed E-state index contributed by atoms with van der Waals surface area (Å²) in [6, 6.07) is 10.5.